The smallest absolute Gasteiger partial charge is 0.326 e. The Hall–Kier alpha value is -1.07. The van der Waals surface area contributed by atoms with Crippen LogP contribution in [0.5, 0.6) is 0 Å². The molecule has 3 rings (SSSR count). The van der Waals surface area contributed by atoms with Crippen molar-refractivity contribution < 1.29 is 9.53 Å². The molecule has 0 radical (unpaired) electrons. The standard InChI is InChI=1S/C16H22N2O2S/c1-20-15(19)16(18-12-7-8-12)9-4-5-13(11-16)21-14-6-2-3-10-17-14/h2-3,6,10,12-13,18H,4-5,7-9,11H2,1H3. The maximum absolute atomic E-state index is 12.3. The van der Waals surface area contributed by atoms with Gasteiger partial charge in [0.1, 0.15) is 5.54 Å². The summed E-state index contributed by atoms with van der Waals surface area (Å²) in [5.74, 6) is -0.0966. The number of thioether (sulfide) groups is 1. The molecule has 0 saturated heterocycles. The predicted octanol–water partition coefficient (Wildman–Crippen LogP) is 2.78. The van der Waals surface area contributed by atoms with Crippen LogP contribution in [0.15, 0.2) is 29.4 Å². The number of carbonyl (C=O) groups excluding carboxylic acids is 1. The minimum atomic E-state index is -0.486. The molecule has 2 aliphatic carbocycles. The Bertz CT molecular complexity index is 492. The van der Waals surface area contributed by atoms with Crippen molar-refractivity contribution >= 4 is 17.7 Å². The van der Waals surface area contributed by atoms with Gasteiger partial charge >= 0.3 is 5.97 Å². The molecule has 5 heteroatoms. The van der Waals surface area contributed by atoms with E-state index in [4.69, 9.17) is 4.74 Å². The maximum atomic E-state index is 12.3. The second kappa shape index (κ2) is 6.36. The van der Waals surface area contributed by atoms with Crippen molar-refractivity contribution in [3.63, 3.8) is 0 Å². The highest BCUT2D eigenvalue weighted by Gasteiger charge is 2.46. The van der Waals surface area contributed by atoms with Gasteiger partial charge in [-0.15, -0.1) is 11.8 Å². The Morgan fingerprint density at radius 1 is 1.43 bits per heavy atom. The summed E-state index contributed by atoms with van der Waals surface area (Å²) in [6, 6.07) is 6.47. The first-order valence-electron chi connectivity index (χ1n) is 7.66. The Morgan fingerprint density at radius 3 is 2.95 bits per heavy atom. The summed E-state index contributed by atoms with van der Waals surface area (Å²) in [5, 5.41) is 5.02. The van der Waals surface area contributed by atoms with E-state index in [-0.39, 0.29) is 5.97 Å². The number of hydrogen-bond donors (Lipinski definition) is 1. The highest BCUT2D eigenvalue weighted by molar-refractivity contribution is 7.99. The number of aromatic nitrogens is 1. The normalized spacial score (nSPS) is 29.1. The zero-order valence-corrected chi connectivity index (χ0v) is 13.2. The summed E-state index contributed by atoms with van der Waals surface area (Å²) < 4.78 is 5.09. The third-order valence-corrected chi connectivity index (χ3v) is 5.48. The third kappa shape index (κ3) is 3.58. The van der Waals surface area contributed by atoms with Crippen molar-refractivity contribution in [2.75, 3.05) is 7.11 Å². The van der Waals surface area contributed by atoms with E-state index in [9.17, 15) is 4.79 Å². The van der Waals surface area contributed by atoms with E-state index >= 15 is 0 Å². The van der Waals surface area contributed by atoms with Crippen molar-refractivity contribution in [1.29, 1.82) is 0 Å². The van der Waals surface area contributed by atoms with E-state index in [1.165, 1.54) is 20.0 Å². The summed E-state index contributed by atoms with van der Waals surface area (Å²) in [4.78, 5) is 16.7. The Balaban J connectivity index is 1.70. The first kappa shape index (κ1) is 14.9. The van der Waals surface area contributed by atoms with Crippen LogP contribution in [0, 0.1) is 0 Å². The summed E-state index contributed by atoms with van der Waals surface area (Å²) in [6.07, 6.45) is 8.08. The highest BCUT2D eigenvalue weighted by Crippen LogP contribution is 2.40. The van der Waals surface area contributed by atoms with Crippen LogP contribution in [-0.2, 0) is 9.53 Å². The van der Waals surface area contributed by atoms with Gasteiger partial charge in [-0.1, -0.05) is 6.07 Å². The highest BCUT2D eigenvalue weighted by atomic mass is 32.2. The van der Waals surface area contributed by atoms with Crippen molar-refractivity contribution in [2.45, 2.75) is 60.4 Å². The van der Waals surface area contributed by atoms with Gasteiger partial charge in [0, 0.05) is 17.5 Å². The molecule has 0 amide bonds. The molecule has 2 saturated carbocycles. The Kier molecular flexibility index (Phi) is 4.50. The Morgan fingerprint density at radius 2 is 2.29 bits per heavy atom. The number of hydrogen-bond acceptors (Lipinski definition) is 5. The minimum Gasteiger partial charge on any atom is -0.468 e. The zero-order valence-electron chi connectivity index (χ0n) is 12.4. The lowest BCUT2D eigenvalue weighted by atomic mass is 9.81. The van der Waals surface area contributed by atoms with E-state index < -0.39 is 5.54 Å². The minimum absolute atomic E-state index is 0.0966. The summed E-state index contributed by atoms with van der Waals surface area (Å²) in [6.45, 7) is 0. The molecule has 2 aliphatic rings. The predicted molar refractivity (Wildman–Crippen MR) is 83.3 cm³/mol. The van der Waals surface area contributed by atoms with Crippen LogP contribution >= 0.6 is 11.8 Å². The molecule has 0 aromatic carbocycles. The van der Waals surface area contributed by atoms with Crippen molar-refractivity contribution in [1.82, 2.24) is 10.3 Å². The van der Waals surface area contributed by atoms with Gasteiger partial charge in [0.2, 0.25) is 0 Å². The number of rotatable bonds is 5. The van der Waals surface area contributed by atoms with Crippen LogP contribution in [0.1, 0.15) is 38.5 Å². The van der Waals surface area contributed by atoms with E-state index in [0.717, 1.165) is 30.7 Å². The van der Waals surface area contributed by atoms with E-state index in [1.807, 2.05) is 24.4 Å². The van der Waals surface area contributed by atoms with Crippen molar-refractivity contribution in [3.8, 4) is 0 Å². The van der Waals surface area contributed by atoms with Gasteiger partial charge in [0.05, 0.1) is 12.1 Å². The van der Waals surface area contributed by atoms with Gasteiger partial charge in [-0.3, -0.25) is 10.1 Å². The molecule has 0 bridgehead atoms. The van der Waals surface area contributed by atoms with Crippen LogP contribution in [-0.4, -0.2) is 34.9 Å². The lowest BCUT2D eigenvalue weighted by Gasteiger charge is -2.39. The molecule has 0 spiro atoms. The molecule has 21 heavy (non-hydrogen) atoms. The van der Waals surface area contributed by atoms with Crippen LogP contribution in [0.3, 0.4) is 0 Å². The third-order valence-electron chi connectivity index (χ3n) is 4.26. The number of nitrogens with zero attached hydrogens (tertiary/aromatic N) is 1. The molecule has 2 atom stereocenters. The molecule has 2 unspecified atom stereocenters. The van der Waals surface area contributed by atoms with Gasteiger partial charge in [-0.25, -0.2) is 4.98 Å². The van der Waals surface area contributed by atoms with Gasteiger partial charge < -0.3 is 4.74 Å². The average Bonchev–Trinajstić information content (AvgIpc) is 3.31. The molecule has 1 heterocycles. The maximum Gasteiger partial charge on any atom is 0.326 e. The molecule has 1 N–H and O–H groups in total. The van der Waals surface area contributed by atoms with E-state index in [0.29, 0.717) is 11.3 Å². The van der Waals surface area contributed by atoms with Gasteiger partial charge in [-0.2, -0.15) is 0 Å². The van der Waals surface area contributed by atoms with Crippen LogP contribution < -0.4 is 5.32 Å². The number of ether oxygens (including phenoxy) is 1. The van der Waals surface area contributed by atoms with Crippen molar-refractivity contribution in [3.05, 3.63) is 24.4 Å². The van der Waals surface area contributed by atoms with Gasteiger partial charge in [0.15, 0.2) is 0 Å². The fraction of sp³-hybridized carbons (Fsp3) is 0.625. The van der Waals surface area contributed by atoms with Crippen LogP contribution in [0.2, 0.25) is 0 Å². The largest absolute Gasteiger partial charge is 0.468 e. The van der Waals surface area contributed by atoms with Crippen molar-refractivity contribution in [2.24, 2.45) is 0 Å². The Labute approximate surface area is 130 Å². The fourth-order valence-electron chi connectivity index (χ4n) is 3.10. The molecule has 1 aromatic heterocycles. The monoisotopic (exact) mass is 306 g/mol. The summed E-state index contributed by atoms with van der Waals surface area (Å²) in [5.41, 5.74) is -0.486. The van der Waals surface area contributed by atoms with Crippen LogP contribution in [0.25, 0.3) is 0 Å². The van der Waals surface area contributed by atoms with E-state index in [1.54, 1.807) is 11.8 Å². The second-order valence-electron chi connectivity index (χ2n) is 6.00. The molecular formula is C16H22N2O2S. The first-order chi connectivity index (χ1) is 10.2. The molecule has 4 nitrogen and oxygen atoms in total. The SMILES string of the molecule is COC(=O)C1(NC2CC2)CCCC(Sc2ccccn2)C1. The molecule has 114 valence electrons. The van der Waals surface area contributed by atoms with Crippen LogP contribution in [0.4, 0.5) is 0 Å². The number of pyridine rings is 1. The number of esters is 1. The average molecular weight is 306 g/mol. The lowest BCUT2D eigenvalue weighted by Crippen LogP contribution is -2.56. The molecular weight excluding hydrogens is 284 g/mol. The first-order valence-corrected chi connectivity index (χ1v) is 8.54. The summed E-state index contributed by atoms with van der Waals surface area (Å²) >= 11 is 1.78. The molecule has 1 aromatic rings. The molecule has 2 fully saturated rings. The van der Waals surface area contributed by atoms with Gasteiger partial charge in [-0.05, 0) is 50.7 Å². The van der Waals surface area contributed by atoms with Gasteiger partial charge in [0.25, 0.3) is 0 Å². The topological polar surface area (TPSA) is 51.2 Å². The summed E-state index contributed by atoms with van der Waals surface area (Å²) in [7, 11) is 1.49. The number of carbonyl (C=O) groups is 1. The number of nitrogens with one attached hydrogen (secondary N) is 1. The van der Waals surface area contributed by atoms with E-state index in [2.05, 4.69) is 10.3 Å². The number of methoxy groups -OCH3 is 1. The lowest BCUT2D eigenvalue weighted by molar-refractivity contribution is -0.150. The molecule has 0 aliphatic heterocycles. The zero-order chi connectivity index (χ0) is 14.7. The second-order valence-corrected chi connectivity index (χ2v) is 7.32. The fourth-order valence-corrected chi connectivity index (χ4v) is 4.37. The quantitative estimate of drug-likeness (QED) is 0.848.